The van der Waals surface area contributed by atoms with Crippen molar-refractivity contribution in [2.24, 2.45) is 0 Å². The predicted octanol–water partition coefficient (Wildman–Crippen LogP) is 3.99. The number of aromatic hydroxyl groups is 1. The van der Waals surface area contributed by atoms with Crippen molar-refractivity contribution in [2.75, 3.05) is 52.8 Å². The molecule has 4 rings (SSSR count). The first-order valence-electron chi connectivity index (χ1n) is 12.5. The van der Waals surface area contributed by atoms with Crippen LogP contribution in [0.2, 0.25) is 5.02 Å². The van der Waals surface area contributed by atoms with Crippen molar-refractivity contribution >= 4 is 35.1 Å². The average molecular weight is 568 g/mol. The van der Waals surface area contributed by atoms with Crippen LogP contribution in [0.4, 0.5) is 5.69 Å². The van der Waals surface area contributed by atoms with Gasteiger partial charge in [0.1, 0.15) is 23.3 Å². The SMILES string of the molecule is COC(=O)[C@@H](c1ccc(Cl)cc1)N1CCN(C(=O)c2ccc(NC(=O)c3cc(OC)cc(OC)c3)cc2O)CC1. The topological polar surface area (TPSA) is 118 Å². The van der Waals surface area contributed by atoms with Crippen molar-refractivity contribution in [3.05, 3.63) is 82.4 Å². The molecule has 3 aromatic rings. The number of methoxy groups -OCH3 is 3. The van der Waals surface area contributed by atoms with E-state index in [-0.39, 0.29) is 17.2 Å². The summed E-state index contributed by atoms with van der Waals surface area (Å²) in [5, 5.41) is 13.9. The van der Waals surface area contributed by atoms with E-state index in [1.807, 2.05) is 4.90 Å². The number of benzene rings is 3. The molecule has 0 spiro atoms. The number of anilines is 1. The molecular weight excluding hydrogens is 538 g/mol. The Balaban J connectivity index is 1.42. The Morgan fingerprint density at radius 1 is 0.875 bits per heavy atom. The highest BCUT2D eigenvalue weighted by Crippen LogP contribution is 2.28. The number of esters is 1. The zero-order valence-corrected chi connectivity index (χ0v) is 23.1. The maximum Gasteiger partial charge on any atom is 0.327 e. The Morgan fingerprint density at radius 3 is 2.05 bits per heavy atom. The van der Waals surface area contributed by atoms with Crippen LogP contribution in [0.25, 0.3) is 0 Å². The first-order valence-corrected chi connectivity index (χ1v) is 12.9. The van der Waals surface area contributed by atoms with Crippen LogP contribution in [0.3, 0.4) is 0 Å². The van der Waals surface area contributed by atoms with Crippen LogP contribution in [-0.4, -0.2) is 80.2 Å². The van der Waals surface area contributed by atoms with Gasteiger partial charge in [0.2, 0.25) is 0 Å². The second-order valence-electron chi connectivity index (χ2n) is 9.09. The summed E-state index contributed by atoms with van der Waals surface area (Å²) in [5.74, 6) is -0.535. The van der Waals surface area contributed by atoms with Crippen molar-refractivity contribution in [3.8, 4) is 17.2 Å². The first kappa shape index (κ1) is 28.7. The van der Waals surface area contributed by atoms with E-state index in [1.54, 1.807) is 53.4 Å². The highest BCUT2D eigenvalue weighted by atomic mass is 35.5. The summed E-state index contributed by atoms with van der Waals surface area (Å²) in [7, 11) is 4.32. The number of halogens is 1. The molecule has 1 saturated heterocycles. The van der Waals surface area contributed by atoms with E-state index in [0.717, 1.165) is 5.56 Å². The monoisotopic (exact) mass is 567 g/mol. The van der Waals surface area contributed by atoms with Crippen molar-refractivity contribution in [2.45, 2.75) is 6.04 Å². The molecule has 1 fully saturated rings. The average Bonchev–Trinajstić information content (AvgIpc) is 2.97. The largest absolute Gasteiger partial charge is 0.507 e. The molecule has 0 saturated carbocycles. The van der Waals surface area contributed by atoms with E-state index < -0.39 is 17.9 Å². The molecule has 0 aliphatic carbocycles. The van der Waals surface area contributed by atoms with Crippen molar-refractivity contribution in [1.29, 1.82) is 0 Å². The summed E-state index contributed by atoms with van der Waals surface area (Å²) in [4.78, 5) is 42.1. The third-order valence-electron chi connectivity index (χ3n) is 6.68. The molecule has 40 heavy (non-hydrogen) atoms. The Kier molecular flexibility index (Phi) is 9.13. The van der Waals surface area contributed by atoms with E-state index in [0.29, 0.717) is 54.0 Å². The highest BCUT2D eigenvalue weighted by Gasteiger charge is 2.33. The quantitative estimate of drug-likeness (QED) is 0.392. The van der Waals surface area contributed by atoms with Crippen LogP contribution >= 0.6 is 11.6 Å². The van der Waals surface area contributed by atoms with Crippen LogP contribution in [0.1, 0.15) is 32.3 Å². The molecule has 11 heteroatoms. The van der Waals surface area contributed by atoms with Crippen LogP contribution < -0.4 is 14.8 Å². The molecule has 0 bridgehead atoms. The third-order valence-corrected chi connectivity index (χ3v) is 6.93. The molecule has 3 aromatic carbocycles. The summed E-state index contributed by atoms with van der Waals surface area (Å²) in [5.41, 5.74) is 1.47. The number of phenolic OH excluding ortho intramolecular Hbond substituents is 1. The molecule has 0 radical (unpaired) electrons. The predicted molar refractivity (Wildman–Crippen MR) is 149 cm³/mol. The van der Waals surface area contributed by atoms with Gasteiger partial charge < -0.3 is 29.5 Å². The standard InChI is InChI=1S/C29H30ClN3O7/c1-38-22-14-19(15-23(17-22)39-2)27(35)31-21-8-9-24(25(34)16-21)28(36)33-12-10-32(11-13-33)26(29(37)40-3)18-4-6-20(30)7-5-18/h4-9,14-17,26,34H,10-13H2,1-3H3,(H,31,35)/t26-/m1/s1. The molecule has 1 aliphatic rings. The van der Waals surface area contributed by atoms with Gasteiger partial charge in [-0.05, 0) is 42.0 Å². The lowest BCUT2D eigenvalue weighted by atomic mass is 10.0. The van der Waals surface area contributed by atoms with Crippen molar-refractivity contribution in [1.82, 2.24) is 9.80 Å². The Morgan fingerprint density at radius 2 is 1.50 bits per heavy atom. The number of hydrogen-bond donors (Lipinski definition) is 2. The number of hydrogen-bond acceptors (Lipinski definition) is 8. The summed E-state index contributed by atoms with van der Waals surface area (Å²) in [6, 6.07) is 15.5. The number of nitrogens with zero attached hydrogens (tertiary/aromatic N) is 2. The van der Waals surface area contributed by atoms with Crippen molar-refractivity contribution in [3.63, 3.8) is 0 Å². The molecule has 0 aromatic heterocycles. The van der Waals surface area contributed by atoms with E-state index >= 15 is 0 Å². The maximum atomic E-state index is 13.2. The van der Waals surface area contributed by atoms with Gasteiger partial charge in [0, 0.05) is 54.6 Å². The number of ether oxygens (including phenoxy) is 3. The lowest BCUT2D eigenvalue weighted by Crippen LogP contribution is -2.51. The highest BCUT2D eigenvalue weighted by molar-refractivity contribution is 6.30. The van der Waals surface area contributed by atoms with Gasteiger partial charge >= 0.3 is 5.97 Å². The molecule has 210 valence electrons. The van der Waals surface area contributed by atoms with Gasteiger partial charge in [-0.3, -0.25) is 14.5 Å². The Bertz CT molecular complexity index is 1370. The van der Waals surface area contributed by atoms with E-state index in [2.05, 4.69) is 5.32 Å². The lowest BCUT2D eigenvalue weighted by molar-refractivity contribution is -0.148. The zero-order valence-electron chi connectivity index (χ0n) is 22.3. The maximum absolute atomic E-state index is 13.2. The number of piperazine rings is 1. The molecular formula is C29H30ClN3O7. The third kappa shape index (κ3) is 6.47. The van der Waals surface area contributed by atoms with E-state index in [9.17, 15) is 19.5 Å². The van der Waals surface area contributed by atoms with E-state index in [1.165, 1.54) is 33.5 Å². The van der Waals surface area contributed by atoms with Gasteiger partial charge in [-0.2, -0.15) is 0 Å². The lowest BCUT2D eigenvalue weighted by Gasteiger charge is -2.38. The summed E-state index contributed by atoms with van der Waals surface area (Å²) >= 11 is 6.00. The molecule has 2 amide bonds. The normalized spacial score (nSPS) is 14.2. The van der Waals surface area contributed by atoms with Gasteiger partial charge in [-0.15, -0.1) is 0 Å². The summed E-state index contributed by atoms with van der Waals surface area (Å²) in [6.45, 7) is 1.53. The molecule has 1 atom stereocenters. The van der Waals surface area contributed by atoms with Crippen LogP contribution in [-0.2, 0) is 9.53 Å². The van der Waals surface area contributed by atoms with Gasteiger partial charge in [-0.1, -0.05) is 23.7 Å². The van der Waals surface area contributed by atoms with Crippen LogP contribution in [0.5, 0.6) is 17.2 Å². The minimum absolute atomic E-state index is 0.108. The number of rotatable bonds is 8. The fourth-order valence-corrected chi connectivity index (χ4v) is 4.66. The number of phenols is 1. The van der Waals surface area contributed by atoms with Gasteiger partial charge in [0.25, 0.3) is 11.8 Å². The van der Waals surface area contributed by atoms with Gasteiger partial charge in [0.15, 0.2) is 0 Å². The van der Waals surface area contributed by atoms with Gasteiger partial charge in [0.05, 0.1) is 26.9 Å². The molecule has 1 aliphatic heterocycles. The Hall–Kier alpha value is -4.28. The minimum Gasteiger partial charge on any atom is -0.507 e. The van der Waals surface area contributed by atoms with E-state index in [4.69, 9.17) is 25.8 Å². The second kappa shape index (κ2) is 12.7. The molecule has 10 nitrogen and oxygen atoms in total. The van der Waals surface area contributed by atoms with Gasteiger partial charge in [-0.25, -0.2) is 4.79 Å². The Labute approximate surface area is 237 Å². The number of amides is 2. The second-order valence-corrected chi connectivity index (χ2v) is 9.53. The number of nitrogens with one attached hydrogen (secondary N) is 1. The van der Waals surface area contributed by atoms with Crippen molar-refractivity contribution < 1.29 is 33.7 Å². The van der Waals surface area contributed by atoms with Crippen LogP contribution in [0.15, 0.2) is 60.7 Å². The number of carbonyl (C=O) groups is 3. The fourth-order valence-electron chi connectivity index (χ4n) is 4.54. The summed E-state index contributed by atoms with van der Waals surface area (Å²) < 4.78 is 15.4. The minimum atomic E-state index is -0.625. The number of carbonyl (C=O) groups excluding carboxylic acids is 3. The zero-order chi connectivity index (χ0) is 28.8. The van der Waals surface area contributed by atoms with Crippen LogP contribution in [0, 0.1) is 0 Å². The molecule has 1 heterocycles. The first-order chi connectivity index (χ1) is 19.2. The molecule has 2 N–H and O–H groups in total. The smallest absolute Gasteiger partial charge is 0.327 e. The molecule has 0 unspecified atom stereocenters. The fraction of sp³-hybridized carbons (Fsp3) is 0.276. The summed E-state index contributed by atoms with van der Waals surface area (Å²) in [6.07, 6.45) is 0.